The quantitative estimate of drug-likeness (QED) is 0.236. The third kappa shape index (κ3) is 4.22. The largest absolute Gasteiger partial charge is 0.335 e. The SMILES string of the molecule is Cc1ccc(-c2ccnc3nc(-c4n[nH]c5cc(F)c(-c6cncc(NC(=O)C(C)(C)C)c6)cc45)[nH]c23)s1. The van der Waals surface area contributed by atoms with Crippen molar-refractivity contribution in [3.8, 4) is 33.1 Å². The van der Waals surface area contributed by atoms with E-state index in [0.29, 0.717) is 44.9 Å². The molecule has 0 radical (unpaired) electrons. The Morgan fingerprint density at radius 3 is 2.68 bits per heavy atom. The van der Waals surface area contributed by atoms with Gasteiger partial charge in [-0.25, -0.2) is 14.4 Å². The number of aromatic nitrogens is 6. The smallest absolute Gasteiger partial charge is 0.229 e. The average Bonchev–Trinajstić information content (AvgIpc) is 3.60. The van der Waals surface area contributed by atoms with Gasteiger partial charge < -0.3 is 10.3 Å². The normalized spacial score (nSPS) is 11.9. The van der Waals surface area contributed by atoms with Crippen molar-refractivity contribution in [1.82, 2.24) is 30.1 Å². The molecule has 1 amide bonds. The summed E-state index contributed by atoms with van der Waals surface area (Å²) in [6.07, 6.45) is 4.85. The molecule has 6 aromatic rings. The van der Waals surface area contributed by atoms with Crippen LogP contribution in [0.2, 0.25) is 0 Å². The van der Waals surface area contributed by atoms with Crippen LogP contribution < -0.4 is 5.32 Å². The lowest BCUT2D eigenvalue weighted by Gasteiger charge is -2.17. The Bertz CT molecular complexity index is 1840. The second kappa shape index (κ2) is 8.84. The summed E-state index contributed by atoms with van der Waals surface area (Å²) in [6, 6.07) is 11.0. The standard InChI is InChI=1S/C28H24FN7OS/c1-14-5-6-22(38-14)17-7-8-31-25-23(17)33-26(34-25)24-19-10-18(20(29)11-21(19)35-36-24)15-9-16(13-30-12-15)32-27(37)28(2,3)4/h5-13H,1-4H3,(H,32,37)(H,35,36)(H,31,33,34). The van der Waals surface area contributed by atoms with Gasteiger partial charge >= 0.3 is 0 Å². The van der Waals surface area contributed by atoms with Crippen molar-refractivity contribution in [3.63, 3.8) is 0 Å². The number of fused-ring (bicyclic) bond motifs is 2. The number of rotatable bonds is 4. The number of aromatic amines is 2. The van der Waals surface area contributed by atoms with Gasteiger partial charge in [-0.3, -0.25) is 14.9 Å². The van der Waals surface area contributed by atoms with Gasteiger partial charge in [-0.15, -0.1) is 11.3 Å². The maximum atomic E-state index is 15.2. The predicted molar refractivity (Wildman–Crippen MR) is 148 cm³/mol. The number of aryl methyl sites for hydroxylation is 1. The molecule has 3 N–H and O–H groups in total. The first-order chi connectivity index (χ1) is 18.2. The Labute approximate surface area is 221 Å². The Kier molecular flexibility index (Phi) is 5.57. The number of carbonyl (C=O) groups excluding carboxylic acids is 1. The van der Waals surface area contributed by atoms with E-state index in [-0.39, 0.29) is 5.91 Å². The van der Waals surface area contributed by atoms with Gasteiger partial charge in [0.1, 0.15) is 11.5 Å². The van der Waals surface area contributed by atoms with Crippen LogP contribution in [0.4, 0.5) is 10.1 Å². The molecule has 5 heterocycles. The minimum atomic E-state index is -0.574. The Hall–Kier alpha value is -4.44. The Balaban J connectivity index is 1.43. The van der Waals surface area contributed by atoms with Gasteiger partial charge in [0.25, 0.3) is 0 Å². The molecule has 8 nitrogen and oxygen atoms in total. The number of hydrogen-bond acceptors (Lipinski definition) is 6. The van der Waals surface area contributed by atoms with Crippen LogP contribution in [-0.2, 0) is 4.79 Å². The molecule has 5 aromatic heterocycles. The lowest BCUT2D eigenvalue weighted by atomic mass is 9.95. The molecule has 6 rings (SSSR count). The van der Waals surface area contributed by atoms with Crippen LogP contribution in [0.15, 0.2) is 55.0 Å². The van der Waals surface area contributed by atoms with E-state index in [0.717, 1.165) is 16.0 Å². The molecule has 10 heteroatoms. The van der Waals surface area contributed by atoms with E-state index >= 15 is 4.39 Å². The van der Waals surface area contributed by atoms with E-state index in [4.69, 9.17) is 4.98 Å². The highest BCUT2D eigenvalue weighted by atomic mass is 32.1. The van der Waals surface area contributed by atoms with Crippen molar-refractivity contribution >= 4 is 45.0 Å². The van der Waals surface area contributed by atoms with E-state index in [9.17, 15) is 4.79 Å². The maximum absolute atomic E-state index is 15.2. The first-order valence-corrected chi connectivity index (χ1v) is 12.9. The topological polar surface area (TPSA) is 112 Å². The number of imidazole rings is 1. The van der Waals surface area contributed by atoms with Crippen LogP contribution >= 0.6 is 11.3 Å². The second-order valence-electron chi connectivity index (χ2n) is 10.2. The van der Waals surface area contributed by atoms with E-state index in [1.807, 2.05) is 26.8 Å². The molecule has 0 saturated carbocycles. The van der Waals surface area contributed by atoms with E-state index in [1.54, 1.807) is 42.1 Å². The van der Waals surface area contributed by atoms with Crippen LogP contribution in [0.3, 0.4) is 0 Å². The van der Waals surface area contributed by atoms with Gasteiger partial charge in [0.2, 0.25) is 5.91 Å². The number of pyridine rings is 2. The van der Waals surface area contributed by atoms with Gasteiger partial charge in [-0.05, 0) is 37.3 Å². The fourth-order valence-corrected chi connectivity index (χ4v) is 5.12. The first-order valence-electron chi connectivity index (χ1n) is 12.0. The van der Waals surface area contributed by atoms with Crippen molar-refractivity contribution in [2.24, 2.45) is 5.41 Å². The van der Waals surface area contributed by atoms with Crippen molar-refractivity contribution in [3.05, 3.63) is 65.7 Å². The number of carbonyl (C=O) groups is 1. The predicted octanol–water partition coefficient (Wildman–Crippen LogP) is 6.72. The highest BCUT2D eigenvalue weighted by Crippen LogP contribution is 2.36. The number of nitrogens with zero attached hydrogens (tertiary/aromatic N) is 4. The minimum Gasteiger partial charge on any atom is -0.335 e. The third-order valence-corrected chi connectivity index (χ3v) is 7.29. The van der Waals surface area contributed by atoms with E-state index in [2.05, 4.69) is 49.5 Å². The number of halogens is 1. The van der Waals surface area contributed by atoms with Gasteiger partial charge in [-0.1, -0.05) is 20.8 Å². The van der Waals surface area contributed by atoms with Gasteiger partial charge in [0.15, 0.2) is 11.5 Å². The van der Waals surface area contributed by atoms with Crippen molar-refractivity contribution in [2.45, 2.75) is 27.7 Å². The van der Waals surface area contributed by atoms with Crippen LogP contribution in [0.1, 0.15) is 25.6 Å². The van der Waals surface area contributed by atoms with Crippen LogP contribution in [0.25, 0.3) is 55.2 Å². The van der Waals surface area contributed by atoms with E-state index < -0.39 is 11.2 Å². The van der Waals surface area contributed by atoms with Crippen LogP contribution in [-0.4, -0.2) is 36.0 Å². The number of nitrogens with one attached hydrogen (secondary N) is 3. The number of benzene rings is 1. The minimum absolute atomic E-state index is 0.153. The van der Waals surface area contributed by atoms with Crippen molar-refractivity contribution < 1.29 is 9.18 Å². The van der Waals surface area contributed by atoms with Crippen LogP contribution in [0, 0.1) is 18.2 Å². The summed E-state index contributed by atoms with van der Waals surface area (Å²) in [5.74, 6) is -0.0585. The Morgan fingerprint density at radius 1 is 1.08 bits per heavy atom. The summed E-state index contributed by atoms with van der Waals surface area (Å²) in [4.78, 5) is 31.5. The number of anilines is 1. The lowest BCUT2D eigenvalue weighted by molar-refractivity contribution is -0.123. The third-order valence-electron chi connectivity index (χ3n) is 6.26. The molecule has 0 aliphatic rings. The zero-order valence-electron chi connectivity index (χ0n) is 21.2. The van der Waals surface area contributed by atoms with E-state index in [1.165, 1.54) is 10.9 Å². The molecule has 0 saturated heterocycles. The monoisotopic (exact) mass is 525 g/mol. The molecular weight excluding hydrogens is 501 g/mol. The average molecular weight is 526 g/mol. The summed E-state index contributed by atoms with van der Waals surface area (Å²) >= 11 is 1.70. The van der Waals surface area contributed by atoms with Gasteiger partial charge in [0, 0.05) is 55.7 Å². The molecule has 0 bridgehead atoms. The number of thiophene rings is 1. The second-order valence-corrected chi connectivity index (χ2v) is 11.5. The zero-order valence-corrected chi connectivity index (χ0v) is 22.0. The molecule has 0 unspecified atom stereocenters. The molecule has 0 fully saturated rings. The molecule has 38 heavy (non-hydrogen) atoms. The van der Waals surface area contributed by atoms with Gasteiger partial charge in [-0.2, -0.15) is 5.10 Å². The molecule has 0 aliphatic carbocycles. The van der Waals surface area contributed by atoms with Gasteiger partial charge in [0.05, 0.1) is 22.9 Å². The number of hydrogen-bond donors (Lipinski definition) is 3. The highest BCUT2D eigenvalue weighted by molar-refractivity contribution is 7.15. The molecule has 1 aromatic carbocycles. The highest BCUT2D eigenvalue weighted by Gasteiger charge is 2.22. The fourth-order valence-electron chi connectivity index (χ4n) is 4.22. The maximum Gasteiger partial charge on any atom is 0.229 e. The van der Waals surface area contributed by atoms with Crippen molar-refractivity contribution in [1.29, 1.82) is 0 Å². The first kappa shape index (κ1) is 23.9. The summed E-state index contributed by atoms with van der Waals surface area (Å²) in [7, 11) is 0. The Morgan fingerprint density at radius 2 is 1.92 bits per heavy atom. The zero-order chi connectivity index (χ0) is 26.6. The fraction of sp³-hybridized carbons (Fsp3) is 0.179. The lowest BCUT2D eigenvalue weighted by Crippen LogP contribution is -2.27. The number of amides is 1. The molecule has 0 atom stereocenters. The molecule has 190 valence electrons. The molecule has 0 spiro atoms. The molecular formula is C28H24FN7OS. The summed E-state index contributed by atoms with van der Waals surface area (Å²) in [5, 5.41) is 10.9. The molecule has 0 aliphatic heterocycles. The number of H-pyrrole nitrogens is 2. The summed E-state index contributed by atoms with van der Waals surface area (Å²) < 4.78 is 15.2. The van der Waals surface area contributed by atoms with Crippen molar-refractivity contribution in [2.75, 3.05) is 5.32 Å². The summed E-state index contributed by atoms with van der Waals surface area (Å²) in [5.41, 5.74) is 4.28. The van der Waals surface area contributed by atoms with Crippen LogP contribution in [0.5, 0.6) is 0 Å². The summed E-state index contributed by atoms with van der Waals surface area (Å²) in [6.45, 7) is 7.55.